The number of aromatic nitrogens is 2. The normalized spacial score (nSPS) is 14.7. The summed E-state index contributed by atoms with van der Waals surface area (Å²) in [5.41, 5.74) is 1.34. The first-order chi connectivity index (χ1) is 20.7. The van der Waals surface area contributed by atoms with Gasteiger partial charge in [0.15, 0.2) is 0 Å². The van der Waals surface area contributed by atoms with Gasteiger partial charge in [0, 0.05) is 44.1 Å². The minimum Gasteiger partial charge on any atom is -0.487 e. The van der Waals surface area contributed by atoms with Gasteiger partial charge in [-0.05, 0) is 30.5 Å². The van der Waals surface area contributed by atoms with Crippen molar-refractivity contribution in [2.24, 2.45) is 17.9 Å². The molecule has 0 atom stereocenters. The van der Waals surface area contributed by atoms with Crippen LogP contribution in [0.3, 0.4) is 0 Å². The van der Waals surface area contributed by atoms with Gasteiger partial charge in [0.1, 0.15) is 12.4 Å². The Morgan fingerprint density at radius 3 is 2.48 bits per heavy atom. The minimum atomic E-state index is -2.72. The highest BCUT2D eigenvalue weighted by molar-refractivity contribution is 6.39. The molecule has 1 saturated carbocycles. The number of hydrogen-bond donors (Lipinski definition) is 3. The van der Waals surface area contributed by atoms with E-state index in [0.29, 0.717) is 51.4 Å². The maximum atomic E-state index is 13.4. The molecule has 1 aliphatic rings. The van der Waals surface area contributed by atoms with Crippen LogP contribution in [0.5, 0.6) is 5.75 Å². The van der Waals surface area contributed by atoms with Crippen LogP contribution in [0.15, 0.2) is 24.3 Å². The summed E-state index contributed by atoms with van der Waals surface area (Å²) in [7, 11) is 3.36. The number of halogens is 4. The third-order valence-electron chi connectivity index (χ3n) is 7.86. The van der Waals surface area contributed by atoms with Gasteiger partial charge in [0.25, 0.3) is 12.3 Å². The molecule has 4 rings (SSSR count). The summed E-state index contributed by atoms with van der Waals surface area (Å²) in [6, 6.07) is 6.44. The molecule has 0 spiro atoms. The van der Waals surface area contributed by atoms with E-state index in [4.69, 9.17) is 32.7 Å². The Morgan fingerprint density at radius 1 is 1.14 bits per heavy atom. The van der Waals surface area contributed by atoms with E-state index in [1.54, 1.807) is 30.9 Å². The van der Waals surface area contributed by atoms with Crippen LogP contribution >= 0.6 is 23.2 Å². The van der Waals surface area contributed by atoms with Crippen molar-refractivity contribution in [3.8, 4) is 5.75 Å². The Bertz CT molecular complexity index is 1520. The largest absolute Gasteiger partial charge is 0.487 e. The van der Waals surface area contributed by atoms with Crippen LogP contribution in [0.1, 0.15) is 62.4 Å². The average molecular weight is 655 g/mol. The van der Waals surface area contributed by atoms with E-state index in [2.05, 4.69) is 20.9 Å². The van der Waals surface area contributed by atoms with Gasteiger partial charge in [-0.1, -0.05) is 62.9 Å². The van der Waals surface area contributed by atoms with Crippen molar-refractivity contribution in [3.63, 3.8) is 0 Å². The van der Waals surface area contributed by atoms with Gasteiger partial charge in [-0.3, -0.25) is 9.59 Å². The number of imidazole rings is 1. The highest BCUT2D eigenvalue weighted by atomic mass is 35.5. The SMILES string of the molecule is COCC1(CNC(=O)c2cc3nc(Nc4c(Cl)ccc(CNC(=O)C(C)(C)C)c4Cl)n(C)c3cc2OCC(F)F)CCCC1. The van der Waals surface area contributed by atoms with Crippen molar-refractivity contribution < 1.29 is 27.8 Å². The Hall–Kier alpha value is -3.15. The van der Waals surface area contributed by atoms with E-state index in [1.807, 2.05) is 20.8 Å². The van der Waals surface area contributed by atoms with Crippen molar-refractivity contribution in [3.05, 3.63) is 45.4 Å². The molecule has 3 N–H and O–H groups in total. The molecule has 1 heterocycles. The maximum absolute atomic E-state index is 13.4. The van der Waals surface area contributed by atoms with Crippen LogP contribution in [-0.2, 0) is 23.1 Å². The highest BCUT2D eigenvalue weighted by Crippen LogP contribution is 2.39. The summed E-state index contributed by atoms with van der Waals surface area (Å²) in [4.78, 5) is 30.4. The Labute approximate surface area is 266 Å². The van der Waals surface area contributed by atoms with E-state index in [1.165, 1.54) is 12.1 Å². The zero-order chi connectivity index (χ0) is 32.2. The number of carbonyl (C=O) groups is 2. The van der Waals surface area contributed by atoms with Gasteiger partial charge in [0.2, 0.25) is 11.9 Å². The van der Waals surface area contributed by atoms with Crippen molar-refractivity contribution in [1.82, 2.24) is 20.2 Å². The second-order valence-electron chi connectivity index (χ2n) is 12.3. The fourth-order valence-corrected chi connectivity index (χ4v) is 5.88. The number of methoxy groups -OCH3 is 1. The van der Waals surface area contributed by atoms with Gasteiger partial charge < -0.3 is 30.0 Å². The van der Waals surface area contributed by atoms with E-state index in [0.717, 1.165) is 25.7 Å². The molecule has 2 aromatic carbocycles. The molecule has 9 nitrogen and oxygen atoms in total. The van der Waals surface area contributed by atoms with Gasteiger partial charge in [-0.25, -0.2) is 13.8 Å². The Morgan fingerprint density at radius 2 is 1.84 bits per heavy atom. The third-order valence-corrected chi connectivity index (χ3v) is 8.61. The number of anilines is 2. The molecule has 1 aromatic heterocycles. The molecule has 1 aliphatic carbocycles. The lowest BCUT2D eigenvalue weighted by molar-refractivity contribution is -0.128. The van der Waals surface area contributed by atoms with Gasteiger partial charge in [-0.15, -0.1) is 0 Å². The lowest BCUT2D eigenvalue weighted by atomic mass is 9.87. The number of alkyl halides is 2. The second kappa shape index (κ2) is 13.9. The molecule has 1 fully saturated rings. The Kier molecular flexibility index (Phi) is 10.6. The lowest BCUT2D eigenvalue weighted by Crippen LogP contribution is -2.39. The first kappa shape index (κ1) is 33.7. The monoisotopic (exact) mass is 653 g/mol. The number of aryl methyl sites for hydroxylation is 1. The van der Waals surface area contributed by atoms with Crippen LogP contribution in [0.25, 0.3) is 11.0 Å². The molecule has 2 amide bonds. The van der Waals surface area contributed by atoms with Gasteiger partial charge in [-0.2, -0.15) is 0 Å². The summed E-state index contributed by atoms with van der Waals surface area (Å²) in [6.07, 6.45) is 1.25. The van der Waals surface area contributed by atoms with Crippen molar-refractivity contribution in [2.75, 3.05) is 32.2 Å². The molecule has 240 valence electrons. The summed E-state index contributed by atoms with van der Waals surface area (Å²) < 4.78 is 38.8. The molecule has 0 bridgehead atoms. The second-order valence-corrected chi connectivity index (χ2v) is 13.1. The number of benzene rings is 2. The Balaban J connectivity index is 1.64. The van der Waals surface area contributed by atoms with Gasteiger partial charge >= 0.3 is 0 Å². The van der Waals surface area contributed by atoms with Crippen LogP contribution in [0, 0.1) is 10.8 Å². The smallest absolute Gasteiger partial charge is 0.272 e. The van der Waals surface area contributed by atoms with Crippen molar-refractivity contribution >= 4 is 57.7 Å². The van der Waals surface area contributed by atoms with E-state index < -0.39 is 24.4 Å². The lowest BCUT2D eigenvalue weighted by Gasteiger charge is -2.28. The molecule has 0 saturated heterocycles. The number of nitrogens with zero attached hydrogens (tertiary/aromatic N) is 2. The topological polar surface area (TPSA) is 107 Å². The number of fused-ring (bicyclic) bond motifs is 1. The first-order valence-electron chi connectivity index (χ1n) is 14.5. The third kappa shape index (κ3) is 7.73. The standard InChI is InChI=1S/C31H39Cl2F2N5O4/c1-30(2,3)28(42)36-14-18-8-9-20(32)26(25(18)33)39-29-38-21-12-19(23(44-15-24(34)35)13-22(21)40(29)4)27(41)37-16-31(17-43-5)10-6-7-11-31/h8-9,12-13,24H,6-7,10-11,14-17H2,1-5H3,(H,36,42)(H,37,41)(H,38,39). The number of carbonyl (C=O) groups excluding carboxylic acids is 2. The van der Waals surface area contributed by atoms with Crippen LogP contribution < -0.4 is 20.7 Å². The zero-order valence-corrected chi connectivity index (χ0v) is 27.1. The molecule has 13 heteroatoms. The van der Waals surface area contributed by atoms with Crippen LogP contribution in [0.4, 0.5) is 20.4 Å². The molecule has 0 aliphatic heterocycles. The molecular formula is C31H39Cl2F2N5O4. The molecule has 0 unspecified atom stereocenters. The number of amides is 2. The predicted molar refractivity (Wildman–Crippen MR) is 168 cm³/mol. The summed E-state index contributed by atoms with van der Waals surface area (Å²) in [5, 5.41) is 9.63. The van der Waals surface area contributed by atoms with E-state index in [-0.39, 0.29) is 29.2 Å². The number of ether oxygens (including phenoxy) is 2. The van der Waals surface area contributed by atoms with Crippen LogP contribution in [-0.4, -0.2) is 54.7 Å². The van der Waals surface area contributed by atoms with E-state index >= 15 is 0 Å². The van der Waals surface area contributed by atoms with Gasteiger partial charge in [0.05, 0.1) is 38.9 Å². The van der Waals surface area contributed by atoms with Crippen LogP contribution in [0.2, 0.25) is 10.0 Å². The number of hydrogen-bond acceptors (Lipinski definition) is 6. The quantitative estimate of drug-likeness (QED) is 0.197. The molecule has 3 aromatic rings. The van der Waals surface area contributed by atoms with Crippen molar-refractivity contribution in [1.29, 1.82) is 0 Å². The highest BCUT2D eigenvalue weighted by Gasteiger charge is 2.34. The number of rotatable bonds is 12. The average Bonchev–Trinajstić information content (AvgIpc) is 3.55. The summed E-state index contributed by atoms with van der Waals surface area (Å²) in [6.45, 7) is 5.69. The molecular weight excluding hydrogens is 615 g/mol. The van der Waals surface area contributed by atoms with Crippen molar-refractivity contribution in [2.45, 2.75) is 59.4 Å². The first-order valence-corrected chi connectivity index (χ1v) is 15.2. The molecule has 44 heavy (non-hydrogen) atoms. The summed E-state index contributed by atoms with van der Waals surface area (Å²) in [5.74, 6) is -0.225. The zero-order valence-electron chi connectivity index (χ0n) is 25.6. The predicted octanol–water partition coefficient (Wildman–Crippen LogP) is 6.87. The fourth-order valence-electron chi connectivity index (χ4n) is 5.35. The number of nitrogens with one attached hydrogen (secondary N) is 3. The molecule has 0 radical (unpaired) electrons. The minimum absolute atomic E-state index is 0.0183. The maximum Gasteiger partial charge on any atom is 0.272 e. The fraction of sp³-hybridized carbons (Fsp3) is 0.516. The summed E-state index contributed by atoms with van der Waals surface area (Å²) >= 11 is 13.2. The van der Waals surface area contributed by atoms with E-state index in [9.17, 15) is 18.4 Å².